The first-order chi connectivity index (χ1) is 11.0. The quantitative estimate of drug-likeness (QED) is 0.790. The molecule has 1 amide bonds. The molecule has 8 heteroatoms. The van der Waals surface area contributed by atoms with Crippen molar-refractivity contribution in [1.29, 1.82) is 0 Å². The number of sulfone groups is 1. The molecule has 1 aliphatic heterocycles. The topological polar surface area (TPSA) is 108 Å². The van der Waals surface area contributed by atoms with Gasteiger partial charge in [-0.05, 0) is 12.8 Å². The van der Waals surface area contributed by atoms with Crippen LogP contribution in [0.3, 0.4) is 0 Å². The number of rotatable bonds is 5. The van der Waals surface area contributed by atoms with Crippen molar-refractivity contribution < 1.29 is 22.7 Å². The Labute approximate surface area is 135 Å². The lowest BCUT2D eigenvalue weighted by Crippen LogP contribution is -2.24. The largest absolute Gasteiger partial charge is 0.454 e. The summed E-state index contributed by atoms with van der Waals surface area (Å²) in [7, 11) is -3.20. The molecule has 0 aromatic heterocycles. The van der Waals surface area contributed by atoms with Gasteiger partial charge in [-0.1, -0.05) is 12.8 Å². The molecular formula is C15H20N2O5S. The average Bonchev–Trinajstić information content (AvgIpc) is 3.16. The third kappa shape index (κ3) is 3.52. The second-order valence-corrected chi connectivity index (χ2v) is 8.26. The smallest absolute Gasteiger partial charge is 0.231 e. The maximum absolute atomic E-state index is 12.2. The van der Waals surface area contributed by atoms with Crippen LogP contribution >= 0.6 is 0 Å². The molecule has 3 rings (SSSR count). The normalized spacial score (nSPS) is 17.4. The molecule has 3 N–H and O–H groups in total. The van der Waals surface area contributed by atoms with Gasteiger partial charge in [0.25, 0.3) is 0 Å². The molecule has 2 aliphatic rings. The van der Waals surface area contributed by atoms with Gasteiger partial charge in [-0.2, -0.15) is 0 Å². The summed E-state index contributed by atoms with van der Waals surface area (Å²) in [6.45, 7) is 0.117. The van der Waals surface area contributed by atoms with Crippen molar-refractivity contribution in [3.63, 3.8) is 0 Å². The summed E-state index contributed by atoms with van der Waals surface area (Å²) in [5.74, 6) is 0.531. The Hall–Kier alpha value is -1.96. The highest BCUT2D eigenvalue weighted by Crippen LogP contribution is 2.38. The van der Waals surface area contributed by atoms with E-state index in [9.17, 15) is 13.2 Å². The van der Waals surface area contributed by atoms with Crippen LogP contribution in [0.4, 0.5) is 11.4 Å². The van der Waals surface area contributed by atoms with Crippen molar-refractivity contribution in [2.45, 2.75) is 37.4 Å². The van der Waals surface area contributed by atoms with E-state index in [0.717, 1.165) is 12.8 Å². The molecule has 1 saturated carbocycles. The van der Waals surface area contributed by atoms with Crippen molar-refractivity contribution in [3.05, 3.63) is 12.1 Å². The second kappa shape index (κ2) is 6.27. The molecule has 126 valence electrons. The molecule has 0 atom stereocenters. The first-order valence-corrected chi connectivity index (χ1v) is 9.38. The number of carbonyl (C=O) groups is 1. The van der Waals surface area contributed by atoms with Crippen LogP contribution in [0.5, 0.6) is 11.5 Å². The molecule has 7 nitrogen and oxygen atoms in total. The van der Waals surface area contributed by atoms with Crippen LogP contribution in [0, 0.1) is 0 Å². The third-order valence-corrected chi connectivity index (χ3v) is 6.50. The van der Waals surface area contributed by atoms with Gasteiger partial charge in [0, 0.05) is 18.6 Å². The van der Waals surface area contributed by atoms with Gasteiger partial charge in [0.15, 0.2) is 21.3 Å². The lowest BCUT2D eigenvalue weighted by Gasteiger charge is -2.12. The monoisotopic (exact) mass is 340 g/mol. The van der Waals surface area contributed by atoms with E-state index >= 15 is 0 Å². The minimum atomic E-state index is -3.20. The van der Waals surface area contributed by atoms with Crippen molar-refractivity contribution in [3.8, 4) is 11.5 Å². The second-order valence-electron chi connectivity index (χ2n) is 5.86. The summed E-state index contributed by atoms with van der Waals surface area (Å²) >= 11 is 0. The van der Waals surface area contributed by atoms with Gasteiger partial charge in [0.05, 0.1) is 22.4 Å². The molecule has 0 bridgehead atoms. The standard InChI is InChI=1S/C15H20N2O5S/c16-11-7-13-14(22-9-21-13)8-12(11)17-15(18)5-6-23(19,20)10-3-1-2-4-10/h7-8,10H,1-6,9,16H2,(H,17,18). The summed E-state index contributed by atoms with van der Waals surface area (Å²) in [6, 6.07) is 3.16. The molecule has 0 saturated heterocycles. The molecule has 1 aromatic carbocycles. The highest BCUT2D eigenvalue weighted by Gasteiger charge is 2.29. The number of amides is 1. The first-order valence-electron chi connectivity index (χ1n) is 7.66. The Morgan fingerprint density at radius 2 is 1.87 bits per heavy atom. The number of carbonyl (C=O) groups excluding carboxylic acids is 1. The van der Waals surface area contributed by atoms with E-state index in [1.54, 1.807) is 12.1 Å². The van der Waals surface area contributed by atoms with Crippen LogP contribution in [0.25, 0.3) is 0 Å². The molecule has 1 fully saturated rings. The number of anilines is 2. The van der Waals surface area contributed by atoms with Gasteiger partial charge in [0.2, 0.25) is 12.7 Å². The molecule has 1 aromatic rings. The van der Waals surface area contributed by atoms with Crippen LogP contribution in [-0.2, 0) is 14.6 Å². The van der Waals surface area contributed by atoms with E-state index in [0.29, 0.717) is 35.7 Å². The van der Waals surface area contributed by atoms with E-state index in [1.807, 2.05) is 0 Å². The van der Waals surface area contributed by atoms with E-state index in [4.69, 9.17) is 15.2 Å². The van der Waals surface area contributed by atoms with Crippen LogP contribution in [0.15, 0.2) is 12.1 Å². The molecule has 1 aliphatic carbocycles. The van der Waals surface area contributed by atoms with Crippen molar-refractivity contribution in [2.24, 2.45) is 0 Å². The number of nitrogens with two attached hydrogens (primary N) is 1. The van der Waals surface area contributed by atoms with Gasteiger partial charge in [-0.15, -0.1) is 0 Å². The fourth-order valence-electron chi connectivity index (χ4n) is 2.93. The number of benzene rings is 1. The van der Waals surface area contributed by atoms with Gasteiger partial charge in [-0.25, -0.2) is 8.42 Å². The molecule has 0 spiro atoms. The predicted octanol–water partition coefficient (Wildman–Crippen LogP) is 1.68. The number of fused-ring (bicyclic) bond motifs is 1. The minimum absolute atomic E-state index is 0.0767. The predicted molar refractivity (Wildman–Crippen MR) is 86.3 cm³/mol. The van der Waals surface area contributed by atoms with Gasteiger partial charge in [0.1, 0.15) is 0 Å². The Balaban J connectivity index is 1.59. The van der Waals surface area contributed by atoms with Crippen molar-refractivity contribution in [1.82, 2.24) is 0 Å². The Morgan fingerprint density at radius 1 is 1.22 bits per heavy atom. The summed E-state index contributed by atoms with van der Waals surface area (Å²) < 4.78 is 34.8. The fourth-order valence-corrected chi connectivity index (χ4v) is 4.78. The summed E-state index contributed by atoms with van der Waals surface area (Å²) in [5, 5.41) is 2.35. The van der Waals surface area contributed by atoms with Gasteiger partial charge >= 0.3 is 0 Å². The zero-order chi connectivity index (χ0) is 16.4. The van der Waals surface area contributed by atoms with E-state index in [1.165, 1.54) is 0 Å². The van der Waals surface area contributed by atoms with Crippen LogP contribution < -0.4 is 20.5 Å². The number of hydrogen-bond acceptors (Lipinski definition) is 6. The maximum atomic E-state index is 12.2. The van der Waals surface area contributed by atoms with E-state index < -0.39 is 9.84 Å². The number of ether oxygens (including phenoxy) is 2. The average molecular weight is 340 g/mol. The van der Waals surface area contributed by atoms with Gasteiger partial charge in [-0.3, -0.25) is 4.79 Å². The maximum Gasteiger partial charge on any atom is 0.231 e. The minimum Gasteiger partial charge on any atom is -0.454 e. The van der Waals surface area contributed by atoms with Crippen molar-refractivity contribution >= 4 is 27.1 Å². The zero-order valence-electron chi connectivity index (χ0n) is 12.7. The molecule has 1 heterocycles. The zero-order valence-corrected chi connectivity index (χ0v) is 13.5. The highest BCUT2D eigenvalue weighted by atomic mass is 32.2. The number of nitrogen functional groups attached to an aromatic ring is 1. The summed E-state index contributed by atoms with van der Waals surface area (Å²) in [5.41, 5.74) is 6.60. The SMILES string of the molecule is Nc1cc2c(cc1NC(=O)CCS(=O)(=O)C1CCCC1)OCO2. The van der Waals surface area contributed by atoms with Crippen LogP contribution in [-0.4, -0.2) is 32.1 Å². The summed E-state index contributed by atoms with van der Waals surface area (Å²) in [4.78, 5) is 12.0. The number of nitrogens with one attached hydrogen (secondary N) is 1. The molecule has 23 heavy (non-hydrogen) atoms. The molecular weight excluding hydrogens is 320 g/mol. The van der Waals surface area contributed by atoms with Crippen LogP contribution in [0.1, 0.15) is 32.1 Å². The van der Waals surface area contributed by atoms with Crippen molar-refractivity contribution in [2.75, 3.05) is 23.6 Å². The Kier molecular flexibility index (Phi) is 4.34. The lowest BCUT2D eigenvalue weighted by atomic mass is 10.2. The Bertz CT molecular complexity index is 711. The molecule has 0 radical (unpaired) electrons. The fraction of sp³-hybridized carbons (Fsp3) is 0.533. The van der Waals surface area contributed by atoms with Gasteiger partial charge < -0.3 is 20.5 Å². The highest BCUT2D eigenvalue weighted by molar-refractivity contribution is 7.92. The van der Waals surface area contributed by atoms with E-state index in [2.05, 4.69) is 5.32 Å². The lowest BCUT2D eigenvalue weighted by molar-refractivity contribution is -0.115. The first kappa shape index (κ1) is 15.9. The van der Waals surface area contributed by atoms with Crippen LogP contribution in [0.2, 0.25) is 0 Å². The summed E-state index contributed by atoms with van der Waals surface area (Å²) in [6.07, 6.45) is 3.23. The Morgan fingerprint density at radius 3 is 2.57 bits per heavy atom. The van der Waals surface area contributed by atoms with E-state index in [-0.39, 0.29) is 30.1 Å². The number of hydrogen-bond donors (Lipinski definition) is 2. The third-order valence-electron chi connectivity index (χ3n) is 4.24. The molecule has 0 unspecified atom stereocenters.